The maximum absolute atomic E-state index is 10.1. The van der Waals surface area contributed by atoms with Gasteiger partial charge in [-0.15, -0.1) is 0 Å². The van der Waals surface area contributed by atoms with E-state index in [9.17, 15) is 5.11 Å². The van der Waals surface area contributed by atoms with Crippen molar-refractivity contribution in [2.24, 2.45) is 5.92 Å². The number of likely N-dealkylation sites (tertiary alicyclic amines) is 1. The van der Waals surface area contributed by atoms with Crippen molar-refractivity contribution in [3.8, 4) is 5.75 Å². The van der Waals surface area contributed by atoms with Crippen LogP contribution in [0.25, 0.3) is 10.9 Å². The SMILES string of the molecule is CN1CCC2(c3cccc(O)c3)Cc3[nH]c4cccc(Br)c4c3CC2C1. The van der Waals surface area contributed by atoms with Crippen LogP contribution in [0.15, 0.2) is 46.9 Å². The highest BCUT2D eigenvalue weighted by atomic mass is 79.9. The Hall–Kier alpha value is -1.78. The van der Waals surface area contributed by atoms with Gasteiger partial charge in [0, 0.05) is 33.0 Å². The molecule has 2 heterocycles. The molecule has 5 rings (SSSR count). The van der Waals surface area contributed by atoms with Crippen molar-refractivity contribution in [3.63, 3.8) is 0 Å². The molecular weight excluding hydrogens is 388 g/mol. The number of benzene rings is 2. The first-order chi connectivity index (χ1) is 12.6. The van der Waals surface area contributed by atoms with Gasteiger partial charge < -0.3 is 15.0 Å². The number of phenols is 1. The number of nitrogens with one attached hydrogen (secondary N) is 1. The maximum atomic E-state index is 10.1. The quantitative estimate of drug-likeness (QED) is 0.613. The van der Waals surface area contributed by atoms with Crippen LogP contribution in [0.2, 0.25) is 0 Å². The molecule has 2 N–H and O–H groups in total. The van der Waals surface area contributed by atoms with E-state index in [1.807, 2.05) is 12.1 Å². The molecule has 1 saturated heterocycles. The summed E-state index contributed by atoms with van der Waals surface area (Å²) in [4.78, 5) is 6.16. The number of phenolic OH excluding ortho intramolecular Hbond substituents is 1. The van der Waals surface area contributed by atoms with E-state index in [1.165, 1.54) is 32.2 Å². The molecule has 134 valence electrons. The third-order valence-corrected chi connectivity index (χ3v) is 7.24. The molecule has 2 aromatic carbocycles. The van der Waals surface area contributed by atoms with Crippen molar-refractivity contribution in [2.75, 3.05) is 20.1 Å². The fraction of sp³-hybridized carbons (Fsp3) is 0.364. The van der Waals surface area contributed by atoms with Crippen LogP contribution < -0.4 is 0 Å². The molecule has 4 heteroatoms. The number of fused-ring (bicyclic) bond motifs is 4. The Morgan fingerprint density at radius 3 is 2.92 bits per heavy atom. The predicted octanol–water partition coefficient (Wildman–Crippen LogP) is 4.62. The van der Waals surface area contributed by atoms with Gasteiger partial charge in [-0.3, -0.25) is 0 Å². The molecule has 0 radical (unpaired) electrons. The van der Waals surface area contributed by atoms with Crippen LogP contribution in [0.5, 0.6) is 5.75 Å². The van der Waals surface area contributed by atoms with Crippen molar-refractivity contribution in [1.82, 2.24) is 9.88 Å². The van der Waals surface area contributed by atoms with Gasteiger partial charge in [-0.25, -0.2) is 0 Å². The number of aromatic nitrogens is 1. The summed E-state index contributed by atoms with van der Waals surface area (Å²) in [5, 5.41) is 11.5. The van der Waals surface area contributed by atoms with Crippen LogP contribution in [-0.4, -0.2) is 35.1 Å². The van der Waals surface area contributed by atoms with Crippen molar-refractivity contribution in [2.45, 2.75) is 24.7 Å². The summed E-state index contributed by atoms with van der Waals surface area (Å²) in [6.45, 7) is 2.21. The minimum Gasteiger partial charge on any atom is -0.508 e. The zero-order valence-electron chi connectivity index (χ0n) is 14.9. The topological polar surface area (TPSA) is 39.3 Å². The van der Waals surface area contributed by atoms with E-state index in [2.05, 4.69) is 57.1 Å². The fourth-order valence-corrected chi connectivity index (χ4v) is 5.89. The Labute approximate surface area is 162 Å². The smallest absolute Gasteiger partial charge is 0.115 e. The lowest BCUT2D eigenvalue weighted by Crippen LogP contribution is -2.52. The summed E-state index contributed by atoms with van der Waals surface area (Å²) in [6, 6.07) is 14.4. The summed E-state index contributed by atoms with van der Waals surface area (Å²) in [5.41, 5.74) is 5.46. The maximum Gasteiger partial charge on any atom is 0.115 e. The zero-order chi connectivity index (χ0) is 17.9. The molecule has 1 fully saturated rings. The van der Waals surface area contributed by atoms with E-state index in [0.717, 1.165) is 32.4 Å². The van der Waals surface area contributed by atoms with E-state index in [0.29, 0.717) is 11.7 Å². The number of hydrogen-bond acceptors (Lipinski definition) is 2. The summed E-state index contributed by atoms with van der Waals surface area (Å²) >= 11 is 3.76. The van der Waals surface area contributed by atoms with E-state index >= 15 is 0 Å². The first-order valence-corrected chi connectivity index (χ1v) is 10.1. The molecule has 0 saturated carbocycles. The molecule has 0 bridgehead atoms. The van der Waals surface area contributed by atoms with E-state index < -0.39 is 0 Å². The Morgan fingerprint density at radius 2 is 2.08 bits per heavy atom. The Morgan fingerprint density at radius 1 is 1.23 bits per heavy atom. The Balaban J connectivity index is 1.70. The second-order valence-corrected chi connectivity index (χ2v) is 8.90. The van der Waals surface area contributed by atoms with Crippen LogP contribution in [0.4, 0.5) is 0 Å². The monoisotopic (exact) mass is 410 g/mol. The van der Waals surface area contributed by atoms with Crippen LogP contribution >= 0.6 is 15.9 Å². The molecule has 3 nitrogen and oxygen atoms in total. The standard InChI is InChI=1S/C22H23BrN2O/c1-25-9-8-22(14-4-2-5-16(26)10-14)12-20-17(11-15(22)13-25)21-18(23)6-3-7-19(21)24-20/h2-7,10,15,24,26H,8-9,11-13H2,1H3. The van der Waals surface area contributed by atoms with E-state index in [-0.39, 0.29) is 5.41 Å². The number of halogens is 1. The van der Waals surface area contributed by atoms with Crippen LogP contribution in [0.3, 0.4) is 0 Å². The number of rotatable bonds is 1. The van der Waals surface area contributed by atoms with Crippen LogP contribution in [-0.2, 0) is 18.3 Å². The number of hydrogen-bond donors (Lipinski definition) is 2. The molecule has 1 aliphatic carbocycles. The number of H-pyrrole nitrogens is 1. The molecule has 2 aliphatic rings. The third kappa shape index (κ3) is 2.35. The molecule has 1 aromatic heterocycles. The molecule has 0 spiro atoms. The van der Waals surface area contributed by atoms with Crippen molar-refractivity contribution >= 4 is 26.8 Å². The van der Waals surface area contributed by atoms with Gasteiger partial charge in [-0.05, 0) is 74.2 Å². The lowest BCUT2D eigenvalue weighted by molar-refractivity contribution is 0.0994. The zero-order valence-corrected chi connectivity index (χ0v) is 16.5. The number of piperidine rings is 1. The fourth-order valence-electron chi connectivity index (χ4n) is 5.29. The minimum atomic E-state index is 0.103. The van der Waals surface area contributed by atoms with E-state index in [1.54, 1.807) is 6.07 Å². The predicted molar refractivity (Wildman–Crippen MR) is 109 cm³/mol. The largest absolute Gasteiger partial charge is 0.508 e. The molecule has 1 aliphatic heterocycles. The number of aromatic amines is 1. The van der Waals surface area contributed by atoms with Gasteiger partial charge in [0.05, 0.1) is 0 Å². The van der Waals surface area contributed by atoms with Gasteiger partial charge in [-0.1, -0.05) is 34.1 Å². The first-order valence-electron chi connectivity index (χ1n) is 9.33. The summed E-state index contributed by atoms with van der Waals surface area (Å²) < 4.78 is 1.18. The minimum absolute atomic E-state index is 0.103. The Bertz CT molecular complexity index is 995. The highest BCUT2D eigenvalue weighted by molar-refractivity contribution is 9.10. The summed E-state index contributed by atoms with van der Waals surface area (Å²) in [6.07, 6.45) is 3.23. The highest BCUT2D eigenvalue weighted by Gasteiger charge is 2.47. The third-order valence-electron chi connectivity index (χ3n) is 6.58. The molecule has 26 heavy (non-hydrogen) atoms. The van der Waals surface area contributed by atoms with E-state index in [4.69, 9.17) is 0 Å². The van der Waals surface area contributed by atoms with Crippen LogP contribution in [0, 0.1) is 5.92 Å². The van der Waals surface area contributed by atoms with Crippen molar-refractivity contribution in [3.05, 3.63) is 63.8 Å². The molecule has 2 atom stereocenters. The van der Waals surface area contributed by atoms with Crippen LogP contribution in [0.1, 0.15) is 23.2 Å². The second-order valence-electron chi connectivity index (χ2n) is 8.04. The molecular formula is C22H23BrN2O. The van der Waals surface area contributed by atoms with Gasteiger partial charge in [0.15, 0.2) is 0 Å². The normalized spacial score (nSPS) is 25.8. The summed E-state index contributed by atoms with van der Waals surface area (Å²) in [5.74, 6) is 0.932. The van der Waals surface area contributed by atoms with Gasteiger partial charge in [0.2, 0.25) is 0 Å². The molecule has 3 aromatic rings. The van der Waals surface area contributed by atoms with Gasteiger partial charge >= 0.3 is 0 Å². The first kappa shape index (κ1) is 16.4. The second kappa shape index (κ2) is 5.86. The van der Waals surface area contributed by atoms with Gasteiger partial charge in [0.1, 0.15) is 5.75 Å². The van der Waals surface area contributed by atoms with Gasteiger partial charge in [-0.2, -0.15) is 0 Å². The Kier molecular flexibility index (Phi) is 3.70. The molecule has 2 unspecified atom stereocenters. The number of aromatic hydroxyl groups is 1. The number of nitrogens with zero attached hydrogens (tertiary/aromatic N) is 1. The highest BCUT2D eigenvalue weighted by Crippen LogP contribution is 2.49. The lowest BCUT2D eigenvalue weighted by Gasteiger charge is -2.50. The van der Waals surface area contributed by atoms with Gasteiger partial charge in [0.25, 0.3) is 0 Å². The van der Waals surface area contributed by atoms with Crippen molar-refractivity contribution in [1.29, 1.82) is 0 Å². The lowest BCUT2D eigenvalue weighted by atomic mass is 9.59. The molecule has 0 amide bonds. The average molecular weight is 411 g/mol. The van der Waals surface area contributed by atoms with Crippen molar-refractivity contribution < 1.29 is 5.11 Å². The average Bonchev–Trinajstić information content (AvgIpc) is 2.98. The summed E-state index contributed by atoms with van der Waals surface area (Å²) in [7, 11) is 2.23.